The maximum absolute atomic E-state index is 12.1. The van der Waals surface area contributed by atoms with E-state index in [0.717, 1.165) is 19.4 Å². The average molecular weight is 244 g/mol. The fraction of sp³-hybridized carbons (Fsp3) is 0.917. The lowest BCUT2D eigenvalue weighted by Crippen LogP contribution is -2.47. The van der Waals surface area contributed by atoms with Crippen molar-refractivity contribution in [1.82, 2.24) is 4.90 Å². The van der Waals surface area contributed by atoms with E-state index in [0.29, 0.717) is 13.0 Å². The Morgan fingerprint density at radius 3 is 2.71 bits per heavy atom. The number of hydrogen-bond donors (Lipinski definition) is 1. The number of carbonyl (C=O) groups is 1. The molecule has 3 unspecified atom stereocenters. The lowest BCUT2D eigenvalue weighted by atomic mass is 10.00. The van der Waals surface area contributed by atoms with Gasteiger partial charge in [-0.25, -0.2) is 0 Å². The topological polar surface area (TPSA) is 64.8 Å². The van der Waals surface area contributed by atoms with Crippen molar-refractivity contribution in [2.24, 2.45) is 5.73 Å². The van der Waals surface area contributed by atoms with Crippen molar-refractivity contribution in [2.45, 2.75) is 44.4 Å². The van der Waals surface area contributed by atoms with Crippen molar-refractivity contribution in [3.8, 4) is 0 Å². The fourth-order valence-corrected chi connectivity index (χ4v) is 2.29. The molecule has 1 fully saturated rings. The van der Waals surface area contributed by atoms with E-state index in [1.54, 1.807) is 14.2 Å². The quantitative estimate of drug-likeness (QED) is 0.759. The van der Waals surface area contributed by atoms with Gasteiger partial charge in [0.05, 0.1) is 18.6 Å². The van der Waals surface area contributed by atoms with Gasteiger partial charge in [-0.3, -0.25) is 4.79 Å². The average Bonchev–Trinajstić information content (AvgIpc) is 2.35. The van der Waals surface area contributed by atoms with E-state index in [1.165, 1.54) is 0 Å². The van der Waals surface area contributed by atoms with Gasteiger partial charge in [0.15, 0.2) is 0 Å². The summed E-state index contributed by atoms with van der Waals surface area (Å²) in [4.78, 5) is 14.0. The van der Waals surface area contributed by atoms with Gasteiger partial charge in [0.2, 0.25) is 5.91 Å². The highest BCUT2D eigenvalue weighted by molar-refractivity contribution is 5.77. The van der Waals surface area contributed by atoms with Crippen LogP contribution >= 0.6 is 0 Å². The normalized spacial score (nSPS) is 26.9. The molecule has 1 rings (SSSR count). The number of rotatable bonds is 5. The summed E-state index contributed by atoms with van der Waals surface area (Å²) < 4.78 is 10.5. The first-order valence-corrected chi connectivity index (χ1v) is 6.17. The molecule has 1 aliphatic rings. The predicted molar refractivity (Wildman–Crippen MR) is 65.7 cm³/mol. The van der Waals surface area contributed by atoms with Crippen LogP contribution in [0.25, 0.3) is 0 Å². The van der Waals surface area contributed by atoms with E-state index in [2.05, 4.69) is 6.92 Å². The zero-order valence-corrected chi connectivity index (χ0v) is 11.0. The summed E-state index contributed by atoms with van der Waals surface area (Å²) in [5.74, 6) is 0.129. The zero-order valence-electron chi connectivity index (χ0n) is 11.0. The molecule has 1 saturated heterocycles. The van der Waals surface area contributed by atoms with Crippen LogP contribution in [-0.4, -0.2) is 56.4 Å². The number of piperidine rings is 1. The van der Waals surface area contributed by atoms with E-state index >= 15 is 0 Å². The molecule has 100 valence electrons. The molecular formula is C12H24N2O3. The molecule has 17 heavy (non-hydrogen) atoms. The summed E-state index contributed by atoms with van der Waals surface area (Å²) in [5.41, 5.74) is 5.52. The first kappa shape index (κ1) is 14.4. The van der Waals surface area contributed by atoms with E-state index < -0.39 is 0 Å². The third kappa shape index (κ3) is 3.94. The Balaban J connectivity index is 2.47. The molecule has 0 aliphatic carbocycles. The van der Waals surface area contributed by atoms with Crippen LogP contribution in [0.15, 0.2) is 0 Å². The lowest BCUT2D eigenvalue weighted by molar-refractivity contribution is -0.138. The number of methoxy groups -OCH3 is 2. The molecule has 1 amide bonds. The van der Waals surface area contributed by atoms with Crippen molar-refractivity contribution < 1.29 is 14.3 Å². The van der Waals surface area contributed by atoms with Gasteiger partial charge in [0.25, 0.3) is 0 Å². The van der Waals surface area contributed by atoms with Crippen LogP contribution in [0.1, 0.15) is 26.2 Å². The fourth-order valence-electron chi connectivity index (χ4n) is 2.29. The van der Waals surface area contributed by atoms with E-state index in [-0.39, 0.29) is 24.2 Å². The highest BCUT2D eigenvalue weighted by Gasteiger charge is 2.29. The van der Waals surface area contributed by atoms with Crippen LogP contribution in [0, 0.1) is 0 Å². The van der Waals surface area contributed by atoms with Gasteiger partial charge >= 0.3 is 0 Å². The van der Waals surface area contributed by atoms with Gasteiger partial charge in [0, 0.05) is 33.4 Å². The maximum Gasteiger partial charge on any atom is 0.225 e. The molecule has 0 bridgehead atoms. The number of carbonyl (C=O) groups excluding carboxylic acids is 1. The largest absolute Gasteiger partial charge is 0.381 e. The van der Waals surface area contributed by atoms with Crippen LogP contribution in [0.5, 0.6) is 0 Å². The Bertz CT molecular complexity index is 244. The van der Waals surface area contributed by atoms with Crippen LogP contribution in [0.2, 0.25) is 0 Å². The summed E-state index contributed by atoms with van der Waals surface area (Å²) in [6, 6.07) is 0.233. The second kappa shape index (κ2) is 6.93. The minimum Gasteiger partial charge on any atom is -0.381 e. The van der Waals surface area contributed by atoms with Crippen molar-refractivity contribution in [3.05, 3.63) is 0 Å². The second-order valence-corrected chi connectivity index (χ2v) is 4.62. The standard InChI is InChI=1S/C12H24N2O3/c1-9-6-10(16-2)4-5-14(9)12(15)7-11(8-13)17-3/h9-11H,4-8,13H2,1-3H3. The number of likely N-dealkylation sites (tertiary alicyclic amines) is 1. The number of amides is 1. The summed E-state index contributed by atoms with van der Waals surface area (Å²) in [6.45, 7) is 3.21. The molecule has 5 nitrogen and oxygen atoms in total. The monoisotopic (exact) mass is 244 g/mol. The number of nitrogens with zero attached hydrogens (tertiary/aromatic N) is 1. The first-order valence-electron chi connectivity index (χ1n) is 6.17. The molecule has 0 aromatic heterocycles. The Labute approximate surface area is 103 Å². The van der Waals surface area contributed by atoms with Crippen LogP contribution in [0.4, 0.5) is 0 Å². The molecule has 0 aromatic rings. The van der Waals surface area contributed by atoms with Crippen molar-refractivity contribution in [3.63, 3.8) is 0 Å². The Morgan fingerprint density at radius 1 is 1.53 bits per heavy atom. The molecule has 1 heterocycles. The highest BCUT2D eigenvalue weighted by Crippen LogP contribution is 2.20. The van der Waals surface area contributed by atoms with Gasteiger partial charge in [-0.1, -0.05) is 0 Å². The minimum absolute atomic E-state index is 0.129. The third-order valence-electron chi connectivity index (χ3n) is 3.48. The summed E-state index contributed by atoms with van der Waals surface area (Å²) in [7, 11) is 3.32. The predicted octanol–water partition coefficient (Wildman–Crippen LogP) is 0.376. The molecule has 2 N–H and O–H groups in total. The molecule has 0 spiro atoms. The van der Waals surface area contributed by atoms with Gasteiger partial charge < -0.3 is 20.1 Å². The molecule has 0 saturated carbocycles. The zero-order chi connectivity index (χ0) is 12.8. The van der Waals surface area contributed by atoms with Gasteiger partial charge in [-0.2, -0.15) is 0 Å². The Hall–Kier alpha value is -0.650. The molecule has 3 atom stereocenters. The molecule has 1 aliphatic heterocycles. The van der Waals surface area contributed by atoms with Gasteiger partial charge in [-0.15, -0.1) is 0 Å². The Morgan fingerprint density at radius 2 is 2.24 bits per heavy atom. The van der Waals surface area contributed by atoms with Gasteiger partial charge in [-0.05, 0) is 19.8 Å². The molecule has 0 radical (unpaired) electrons. The second-order valence-electron chi connectivity index (χ2n) is 4.62. The summed E-state index contributed by atoms with van der Waals surface area (Å²) in [5, 5.41) is 0. The third-order valence-corrected chi connectivity index (χ3v) is 3.48. The molecular weight excluding hydrogens is 220 g/mol. The van der Waals surface area contributed by atoms with Crippen LogP contribution in [0.3, 0.4) is 0 Å². The SMILES string of the molecule is COC(CN)CC(=O)N1CCC(OC)CC1C. The van der Waals surface area contributed by atoms with E-state index in [1.807, 2.05) is 4.90 Å². The van der Waals surface area contributed by atoms with E-state index in [9.17, 15) is 4.79 Å². The highest BCUT2D eigenvalue weighted by atomic mass is 16.5. The van der Waals surface area contributed by atoms with Crippen molar-refractivity contribution >= 4 is 5.91 Å². The maximum atomic E-state index is 12.1. The van der Waals surface area contributed by atoms with E-state index in [4.69, 9.17) is 15.2 Å². The van der Waals surface area contributed by atoms with Crippen LogP contribution < -0.4 is 5.73 Å². The smallest absolute Gasteiger partial charge is 0.225 e. The number of ether oxygens (including phenoxy) is 2. The van der Waals surface area contributed by atoms with Gasteiger partial charge in [0.1, 0.15) is 0 Å². The van der Waals surface area contributed by atoms with Crippen molar-refractivity contribution in [1.29, 1.82) is 0 Å². The number of hydrogen-bond acceptors (Lipinski definition) is 4. The Kier molecular flexibility index (Phi) is 5.88. The molecule has 5 heteroatoms. The van der Waals surface area contributed by atoms with Crippen LogP contribution in [-0.2, 0) is 14.3 Å². The molecule has 0 aromatic carbocycles. The number of nitrogens with two attached hydrogens (primary N) is 1. The summed E-state index contributed by atoms with van der Waals surface area (Å²) >= 11 is 0. The lowest BCUT2D eigenvalue weighted by Gasteiger charge is -2.37. The van der Waals surface area contributed by atoms with Crippen molar-refractivity contribution in [2.75, 3.05) is 27.3 Å². The first-order chi connectivity index (χ1) is 8.12. The minimum atomic E-state index is -0.171. The summed E-state index contributed by atoms with van der Waals surface area (Å²) in [6.07, 6.45) is 2.29.